The summed E-state index contributed by atoms with van der Waals surface area (Å²) in [5, 5.41) is 25.3. The third-order valence-corrected chi connectivity index (χ3v) is 7.80. The van der Waals surface area contributed by atoms with Crippen molar-refractivity contribution in [3.8, 4) is 23.0 Å². The Morgan fingerprint density at radius 1 is 1.22 bits per heavy atom. The van der Waals surface area contributed by atoms with Crippen LogP contribution in [0, 0.1) is 29.0 Å². The van der Waals surface area contributed by atoms with Crippen LogP contribution in [0.2, 0.25) is 0 Å². The Morgan fingerprint density at radius 3 is 2.62 bits per heavy atom. The number of allylic oxidation sites excluding steroid dienone is 2. The highest BCUT2D eigenvalue weighted by molar-refractivity contribution is 9.10. The van der Waals surface area contributed by atoms with Crippen LogP contribution < -0.4 is 0 Å². The molecule has 0 amide bonds. The molecule has 3 atom stereocenters. The van der Waals surface area contributed by atoms with E-state index in [1.54, 1.807) is 12.1 Å². The minimum atomic E-state index is -0.409. The van der Waals surface area contributed by atoms with E-state index in [9.17, 15) is 14.8 Å². The lowest BCUT2D eigenvalue weighted by Crippen LogP contribution is -2.45. The Morgan fingerprint density at radius 2 is 1.94 bits per heavy atom. The molecule has 5 rings (SSSR count). The van der Waals surface area contributed by atoms with Crippen molar-refractivity contribution in [1.82, 2.24) is 9.78 Å². The SMILES string of the molecule is C[C@H]1C(O)=C(C#N)C[C@@]2(C)c3c(c(-c4ccccc4F)nn3-c3ccc(Br)cc3)CC[C@H]12. The minimum Gasteiger partial charge on any atom is -0.511 e. The lowest BCUT2D eigenvalue weighted by molar-refractivity contribution is 0.134. The van der Waals surface area contributed by atoms with Gasteiger partial charge in [-0.3, -0.25) is 0 Å². The van der Waals surface area contributed by atoms with Crippen molar-refractivity contribution < 1.29 is 9.50 Å². The van der Waals surface area contributed by atoms with Gasteiger partial charge in [-0.25, -0.2) is 9.07 Å². The molecule has 0 radical (unpaired) electrons. The smallest absolute Gasteiger partial charge is 0.132 e. The van der Waals surface area contributed by atoms with Gasteiger partial charge in [-0.15, -0.1) is 0 Å². The predicted molar refractivity (Wildman–Crippen MR) is 125 cm³/mol. The molecular formula is C26H23BrFN3O. The molecule has 4 nitrogen and oxygen atoms in total. The van der Waals surface area contributed by atoms with E-state index in [0.717, 1.165) is 34.3 Å². The zero-order valence-electron chi connectivity index (χ0n) is 17.9. The van der Waals surface area contributed by atoms with Gasteiger partial charge >= 0.3 is 0 Å². The number of benzene rings is 2. The van der Waals surface area contributed by atoms with Crippen LogP contribution in [-0.2, 0) is 11.8 Å². The minimum absolute atomic E-state index is 0.123. The van der Waals surface area contributed by atoms with Gasteiger partial charge in [0.25, 0.3) is 0 Å². The average Bonchev–Trinajstić information content (AvgIpc) is 3.18. The lowest BCUT2D eigenvalue weighted by Gasteiger charge is -2.47. The first-order valence-corrected chi connectivity index (χ1v) is 11.6. The lowest BCUT2D eigenvalue weighted by atomic mass is 9.56. The van der Waals surface area contributed by atoms with Crippen LogP contribution in [0.25, 0.3) is 16.9 Å². The van der Waals surface area contributed by atoms with Gasteiger partial charge in [0.05, 0.1) is 28.7 Å². The molecule has 2 aliphatic carbocycles. The van der Waals surface area contributed by atoms with Crippen LogP contribution >= 0.6 is 15.9 Å². The third kappa shape index (κ3) is 3.02. The summed E-state index contributed by atoms with van der Waals surface area (Å²) in [5.74, 6) is -0.0500. The fourth-order valence-electron chi connectivity index (χ4n) is 5.74. The molecule has 0 aliphatic heterocycles. The molecule has 0 spiro atoms. The van der Waals surface area contributed by atoms with E-state index in [4.69, 9.17) is 5.10 Å². The number of halogens is 2. The van der Waals surface area contributed by atoms with Crippen LogP contribution in [0.5, 0.6) is 0 Å². The van der Waals surface area contributed by atoms with Gasteiger partial charge in [0, 0.05) is 26.9 Å². The molecule has 162 valence electrons. The largest absolute Gasteiger partial charge is 0.511 e. The van der Waals surface area contributed by atoms with E-state index < -0.39 is 5.41 Å². The summed E-state index contributed by atoms with van der Waals surface area (Å²) >= 11 is 3.49. The van der Waals surface area contributed by atoms with E-state index in [2.05, 4.69) is 28.9 Å². The zero-order chi connectivity index (χ0) is 22.6. The second-order valence-corrected chi connectivity index (χ2v) is 9.96. The van der Waals surface area contributed by atoms with Gasteiger partial charge < -0.3 is 5.11 Å². The van der Waals surface area contributed by atoms with E-state index in [-0.39, 0.29) is 23.4 Å². The summed E-state index contributed by atoms with van der Waals surface area (Å²) in [6.07, 6.45) is 2.03. The summed E-state index contributed by atoms with van der Waals surface area (Å²) < 4.78 is 17.7. The van der Waals surface area contributed by atoms with Gasteiger partial charge in [-0.1, -0.05) is 41.9 Å². The van der Waals surface area contributed by atoms with Crippen molar-refractivity contribution in [2.24, 2.45) is 11.8 Å². The summed E-state index contributed by atoms with van der Waals surface area (Å²) in [6.45, 7) is 4.16. The normalized spacial score (nSPS) is 24.6. The predicted octanol–water partition coefficient (Wildman–Crippen LogP) is 6.64. The topological polar surface area (TPSA) is 61.8 Å². The maximum atomic E-state index is 14.8. The summed E-state index contributed by atoms with van der Waals surface area (Å²) in [4.78, 5) is 0. The molecule has 0 bridgehead atoms. The Hall–Kier alpha value is -2.91. The molecule has 32 heavy (non-hydrogen) atoms. The highest BCUT2D eigenvalue weighted by atomic mass is 79.9. The molecule has 1 heterocycles. The first kappa shape index (κ1) is 21.0. The molecule has 0 saturated heterocycles. The Labute approximate surface area is 195 Å². The number of rotatable bonds is 2. The highest BCUT2D eigenvalue weighted by Crippen LogP contribution is 2.55. The fraction of sp³-hybridized carbons (Fsp3) is 0.308. The number of fused-ring (bicyclic) bond motifs is 3. The first-order chi connectivity index (χ1) is 15.3. The van der Waals surface area contributed by atoms with Crippen molar-refractivity contribution in [1.29, 1.82) is 5.26 Å². The second kappa shape index (κ2) is 7.60. The molecule has 0 saturated carbocycles. The molecule has 0 fully saturated rings. The number of nitriles is 1. The number of hydrogen-bond donors (Lipinski definition) is 1. The van der Waals surface area contributed by atoms with Gasteiger partial charge in [0.2, 0.25) is 0 Å². The maximum Gasteiger partial charge on any atom is 0.132 e. The summed E-state index contributed by atoms with van der Waals surface area (Å²) in [7, 11) is 0. The van der Waals surface area contributed by atoms with Crippen LogP contribution in [0.1, 0.15) is 37.9 Å². The van der Waals surface area contributed by atoms with Crippen LogP contribution in [0.15, 0.2) is 64.3 Å². The van der Waals surface area contributed by atoms with Gasteiger partial charge in [0.15, 0.2) is 0 Å². The quantitative estimate of drug-likeness (QED) is 0.437. The van der Waals surface area contributed by atoms with Gasteiger partial charge in [-0.2, -0.15) is 10.4 Å². The Balaban J connectivity index is 1.80. The number of aromatic nitrogens is 2. The van der Waals surface area contributed by atoms with E-state index >= 15 is 0 Å². The molecule has 2 aromatic carbocycles. The van der Waals surface area contributed by atoms with Crippen molar-refractivity contribution in [2.75, 3.05) is 0 Å². The average molecular weight is 492 g/mol. The standard InChI is InChI=1S/C26H23BrFN3O/c1-15-21-12-11-20-23(19-5-3-4-6-22(19)28)30-31(18-9-7-17(27)8-10-18)25(20)26(21,2)13-16(14-29)24(15)32/h3-10,15,21,32H,11-13H2,1-2H3/t15-,21-,26-/m1/s1. The van der Waals surface area contributed by atoms with Crippen LogP contribution in [0.3, 0.4) is 0 Å². The monoisotopic (exact) mass is 491 g/mol. The number of nitrogens with zero attached hydrogens (tertiary/aromatic N) is 3. The Bertz CT molecular complexity index is 1290. The molecular weight excluding hydrogens is 469 g/mol. The van der Waals surface area contributed by atoms with Crippen molar-refractivity contribution in [2.45, 2.75) is 38.5 Å². The fourth-order valence-corrected chi connectivity index (χ4v) is 6.01. The van der Waals surface area contributed by atoms with Crippen LogP contribution in [-0.4, -0.2) is 14.9 Å². The van der Waals surface area contributed by atoms with Crippen LogP contribution in [0.4, 0.5) is 4.39 Å². The molecule has 2 aliphatic rings. The van der Waals surface area contributed by atoms with E-state index in [1.807, 2.05) is 41.9 Å². The molecule has 1 N–H and O–H groups in total. The molecule has 0 unspecified atom stereocenters. The maximum absolute atomic E-state index is 14.8. The van der Waals surface area contributed by atoms with Crippen molar-refractivity contribution in [3.63, 3.8) is 0 Å². The van der Waals surface area contributed by atoms with Crippen molar-refractivity contribution in [3.05, 3.63) is 81.4 Å². The van der Waals surface area contributed by atoms with Gasteiger partial charge in [-0.05, 0) is 61.6 Å². The molecule has 3 aromatic rings. The first-order valence-electron chi connectivity index (χ1n) is 10.8. The van der Waals surface area contributed by atoms with Crippen molar-refractivity contribution >= 4 is 15.9 Å². The second-order valence-electron chi connectivity index (χ2n) is 9.05. The molecule has 1 aromatic heterocycles. The van der Waals surface area contributed by atoms with E-state index in [0.29, 0.717) is 23.3 Å². The third-order valence-electron chi connectivity index (χ3n) is 7.27. The summed E-state index contributed by atoms with van der Waals surface area (Å²) in [6, 6.07) is 16.9. The summed E-state index contributed by atoms with van der Waals surface area (Å²) in [5.41, 5.74) is 4.10. The zero-order valence-corrected chi connectivity index (χ0v) is 19.5. The number of aliphatic hydroxyl groups is 1. The Kier molecular flexibility index (Phi) is 4.98. The number of hydrogen-bond acceptors (Lipinski definition) is 3. The number of aliphatic hydroxyl groups excluding tert-OH is 1. The highest BCUT2D eigenvalue weighted by Gasteiger charge is 2.51. The molecule has 6 heteroatoms. The van der Waals surface area contributed by atoms with Gasteiger partial charge in [0.1, 0.15) is 11.6 Å². The van der Waals surface area contributed by atoms with E-state index in [1.165, 1.54) is 6.07 Å².